The number of carbonyl (C=O) groups excluding carboxylic acids is 1. The average molecular weight is 241 g/mol. The molecular weight excluding hydrogens is 222 g/mol. The molecule has 1 unspecified atom stereocenters. The molecule has 0 bridgehead atoms. The largest absolute Gasteiger partial charge is 0.479 e. The van der Waals surface area contributed by atoms with Gasteiger partial charge in [0.15, 0.2) is 6.10 Å². The summed E-state index contributed by atoms with van der Waals surface area (Å²) in [5, 5.41) is 11.7. The monoisotopic (exact) mass is 241 g/mol. The third kappa shape index (κ3) is 3.43. The lowest BCUT2D eigenvalue weighted by Gasteiger charge is -2.16. The van der Waals surface area contributed by atoms with Crippen LogP contribution in [0.2, 0.25) is 0 Å². The SMILES string of the molecule is CC(CC1CC1)NC(=O)[C@@H]1CC[C@H](C(=O)O)O1. The van der Waals surface area contributed by atoms with E-state index in [9.17, 15) is 9.59 Å². The molecule has 5 heteroatoms. The lowest BCUT2D eigenvalue weighted by atomic mass is 10.1. The zero-order valence-corrected chi connectivity index (χ0v) is 10.0. The van der Waals surface area contributed by atoms with Crippen LogP contribution in [0.25, 0.3) is 0 Å². The van der Waals surface area contributed by atoms with Crippen molar-refractivity contribution >= 4 is 11.9 Å². The van der Waals surface area contributed by atoms with Crippen LogP contribution in [0.4, 0.5) is 0 Å². The standard InChI is InChI=1S/C12H19NO4/c1-7(6-8-2-3-8)13-11(14)9-4-5-10(17-9)12(15)16/h7-10H,2-6H2,1H3,(H,13,14)(H,15,16)/t7?,9-,10+/m0/s1. The van der Waals surface area contributed by atoms with Gasteiger partial charge in [-0.25, -0.2) is 4.79 Å². The van der Waals surface area contributed by atoms with E-state index in [0.29, 0.717) is 12.8 Å². The third-order valence-electron chi connectivity index (χ3n) is 3.36. The van der Waals surface area contributed by atoms with Gasteiger partial charge in [-0.1, -0.05) is 12.8 Å². The molecule has 5 nitrogen and oxygen atoms in total. The van der Waals surface area contributed by atoms with E-state index in [1.54, 1.807) is 0 Å². The second-order valence-electron chi connectivity index (χ2n) is 5.12. The molecule has 2 N–H and O–H groups in total. The second kappa shape index (κ2) is 5.04. The van der Waals surface area contributed by atoms with Crippen LogP contribution in [0.15, 0.2) is 0 Å². The molecule has 1 saturated heterocycles. The fourth-order valence-corrected chi connectivity index (χ4v) is 2.26. The molecule has 0 aromatic carbocycles. The third-order valence-corrected chi connectivity index (χ3v) is 3.36. The molecule has 1 saturated carbocycles. The molecule has 96 valence electrons. The molecule has 0 spiro atoms. The molecule has 1 aliphatic carbocycles. The predicted octanol–water partition coefficient (Wildman–Crippen LogP) is 0.923. The minimum Gasteiger partial charge on any atom is -0.479 e. The van der Waals surface area contributed by atoms with Crippen molar-refractivity contribution in [2.75, 3.05) is 0 Å². The first kappa shape index (κ1) is 12.4. The highest BCUT2D eigenvalue weighted by molar-refractivity contribution is 5.82. The number of rotatable bonds is 5. The van der Waals surface area contributed by atoms with Gasteiger partial charge in [0.2, 0.25) is 5.91 Å². The van der Waals surface area contributed by atoms with Gasteiger partial charge in [0.05, 0.1) is 0 Å². The zero-order valence-electron chi connectivity index (χ0n) is 10.0. The summed E-state index contributed by atoms with van der Waals surface area (Å²) >= 11 is 0. The van der Waals surface area contributed by atoms with Crippen LogP contribution < -0.4 is 5.32 Å². The fourth-order valence-electron chi connectivity index (χ4n) is 2.26. The Bertz CT molecular complexity index is 314. The Balaban J connectivity index is 1.74. The topological polar surface area (TPSA) is 75.6 Å². The lowest BCUT2D eigenvalue weighted by molar-refractivity contribution is -0.151. The summed E-state index contributed by atoms with van der Waals surface area (Å²) in [5.74, 6) is -0.380. The highest BCUT2D eigenvalue weighted by Crippen LogP contribution is 2.33. The Hall–Kier alpha value is -1.10. The summed E-state index contributed by atoms with van der Waals surface area (Å²) in [4.78, 5) is 22.5. The van der Waals surface area contributed by atoms with Crippen molar-refractivity contribution in [2.45, 2.75) is 57.3 Å². The summed E-state index contributed by atoms with van der Waals surface area (Å²) in [7, 11) is 0. The summed E-state index contributed by atoms with van der Waals surface area (Å²) in [6.45, 7) is 1.99. The van der Waals surface area contributed by atoms with Crippen molar-refractivity contribution < 1.29 is 19.4 Å². The van der Waals surface area contributed by atoms with E-state index in [2.05, 4.69) is 5.32 Å². The normalized spacial score (nSPS) is 29.9. The summed E-state index contributed by atoms with van der Waals surface area (Å²) in [6, 6.07) is 0.155. The number of carboxylic acids is 1. The maximum absolute atomic E-state index is 11.8. The van der Waals surface area contributed by atoms with Crippen molar-refractivity contribution in [3.05, 3.63) is 0 Å². The van der Waals surface area contributed by atoms with Crippen LogP contribution in [0.3, 0.4) is 0 Å². The summed E-state index contributed by atoms with van der Waals surface area (Å²) in [6.07, 6.45) is 3.06. The Labute approximate surface area is 101 Å². The van der Waals surface area contributed by atoms with Crippen molar-refractivity contribution in [3.63, 3.8) is 0 Å². The Morgan fingerprint density at radius 2 is 1.94 bits per heavy atom. The van der Waals surface area contributed by atoms with Gasteiger partial charge in [-0.3, -0.25) is 4.79 Å². The van der Waals surface area contributed by atoms with Crippen molar-refractivity contribution in [3.8, 4) is 0 Å². The number of carbonyl (C=O) groups is 2. The van der Waals surface area contributed by atoms with Crippen LogP contribution in [0.1, 0.15) is 39.0 Å². The molecule has 1 aliphatic heterocycles. The van der Waals surface area contributed by atoms with Crippen molar-refractivity contribution in [1.29, 1.82) is 0 Å². The van der Waals surface area contributed by atoms with Gasteiger partial charge in [-0.05, 0) is 32.1 Å². The number of hydrogen-bond donors (Lipinski definition) is 2. The molecule has 0 radical (unpaired) electrons. The van der Waals surface area contributed by atoms with E-state index in [1.165, 1.54) is 12.8 Å². The van der Waals surface area contributed by atoms with Crippen LogP contribution >= 0.6 is 0 Å². The molecule has 0 aromatic heterocycles. The molecular formula is C12H19NO4. The molecule has 2 rings (SSSR count). The highest BCUT2D eigenvalue weighted by atomic mass is 16.5. The van der Waals surface area contributed by atoms with Gasteiger partial charge < -0.3 is 15.2 Å². The van der Waals surface area contributed by atoms with E-state index < -0.39 is 18.2 Å². The van der Waals surface area contributed by atoms with E-state index in [1.807, 2.05) is 6.92 Å². The van der Waals surface area contributed by atoms with E-state index in [-0.39, 0.29) is 11.9 Å². The quantitative estimate of drug-likeness (QED) is 0.750. The molecule has 1 heterocycles. The van der Waals surface area contributed by atoms with Gasteiger partial charge in [-0.15, -0.1) is 0 Å². The predicted molar refractivity (Wildman–Crippen MR) is 60.5 cm³/mol. The van der Waals surface area contributed by atoms with Crippen LogP contribution in [-0.4, -0.2) is 35.2 Å². The lowest BCUT2D eigenvalue weighted by Crippen LogP contribution is -2.40. The fraction of sp³-hybridized carbons (Fsp3) is 0.833. The number of nitrogens with one attached hydrogen (secondary N) is 1. The second-order valence-corrected chi connectivity index (χ2v) is 5.12. The Morgan fingerprint density at radius 1 is 1.29 bits per heavy atom. The van der Waals surface area contributed by atoms with Gasteiger partial charge in [0.25, 0.3) is 0 Å². The van der Waals surface area contributed by atoms with Crippen molar-refractivity contribution in [2.24, 2.45) is 5.92 Å². The Morgan fingerprint density at radius 3 is 2.47 bits per heavy atom. The van der Waals surface area contributed by atoms with E-state index in [0.717, 1.165) is 12.3 Å². The number of aliphatic carboxylic acids is 1. The summed E-state index contributed by atoms with van der Waals surface area (Å²) < 4.78 is 5.19. The van der Waals surface area contributed by atoms with Crippen LogP contribution in [-0.2, 0) is 14.3 Å². The molecule has 0 aromatic rings. The average Bonchev–Trinajstić information content (AvgIpc) is 2.92. The van der Waals surface area contributed by atoms with Gasteiger partial charge in [-0.2, -0.15) is 0 Å². The number of amides is 1. The van der Waals surface area contributed by atoms with Gasteiger partial charge in [0.1, 0.15) is 6.10 Å². The van der Waals surface area contributed by atoms with Gasteiger partial charge in [0, 0.05) is 6.04 Å². The number of ether oxygens (including phenoxy) is 1. The smallest absolute Gasteiger partial charge is 0.332 e. The minimum atomic E-state index is -0.980. The zero-order chi connectivity index (χ0) is 12.4. The molecule has 1 amide bonds. The van der Waals surface area contributed by atoms with E-state index >= 15 is 0 Å². The maximum atomic E-state index is 11.8. The molecule has 17 heavy (non-hydrogen) atoms. The first-order valence-electron chi connectivity index (χ1n) is 6.25. The minimum absolute atomic E-state index is 0.155. The Kier molecular flexibility index (Phi) is 3.66. The molecule has 3 atom stereocenters. The molecule has 2 aliphatic rings. The molecule has 2 fully saturated rings. The van der Waals surface area contributed by atoms with Crippen molar-refractivity contribution in [1.82, 2.24) is 5.32 Å². The maximum Gasteiger partial charge on any atom is 0.332 e. The number of hydrogen-bond acceptors (Lipinski definition) is 3. The van der Waals surface area contributed by atoms with Crippen LogP contribution in [0, 0.1) is 5.92 Å². The summed E-state index contributed by atoms with van der Waals surface area (Å²) in [5.41, 5.74) is 0. The number of carboxylic acid groups (broad SMARTS) is 1. The van der Waals surface area contributed by atoms with Gasteiger partial charge >= 0.3 is 5.97 Å². The van der Waals surface area contributed by atoms with Crippen LogP contribution in [0.5, 0.6) is 0 Å². The first-order chi connectivity index (χ1) is 8.06. The van der Waals surface area contributed by atoms with E-state index in [4.69, 9.17) is 9.84 Å². The first-order valence-corrected chi connectivity index (χ1v) is 6.25. The highest BCUT2D eigenvalue weighted by Gasteiger charge is 2.35.